The smallest absolute Gasteiger partial charge is 0.270 e. The Bertz CT molecular complexity index is 875. The fraction of sp³-hybridized carbons (Fsp3) is 0.474. The number of carbonyl (C=O) groups is 2. The Morgan fingerprint density at radius 1 is 1.16 bits per heavy atom. The van der Waals surface area contributed by atoms with Crippen LogP contribution in [0.1, 0.15) is 29.8 Å². The van der Waals surface area contributed by atoms with Crippen molar-refractivity contribution in [2.45, 2.75) is 19.3 Å². The quantitative estimate of drug-likeness (QED) is 0.798. The van der Waals surface area contributed by atoms with Gasteiger partial charge in [0.2, 0.25) is 5.91 Å². The number of amides is 2. The van der Waals surface area contributed by atoms with E-state index in [0.717, 1.165) is 31.3 Å². The number of fused-ring (bicyclic) bond motifs is 1. The van der Waals surface area contributed by atoms with Gasteiger partial charge in [-0.15, -0.1) is 0 Å². The van der Waals surface area contributed by atoms with Crippen molar-refractivity contribution in [2.24, 2.45) is 12.5 Å². The number of aromatic nitrogens is 1. The Hall–Kier alpha value is -2.37. The van der Waals surface area contributed by atoms with Gasteiger partial charge in [0, 0.05) is 44.6 Å². The zero-order chi connectivity index (χ0) is 17.8. The number of hydrogen-bond acceptors (Lipinski definition) is 2. The first-order valence-electron chi connectivity index (χ1n) is 8.71. The number of halogens is 1. The van der Waals surface area contributed by atoms with Gasteiger partial charge in [-0.3, -0.25) is 9.59 Å². The van der Waals surface area contributed by atoms with Crippen LogP contribution < -0.4 is 0 Å². The molecule has 0 unspecified atom stereocenters. The minimum Gasteiger partial charge on any atom is -0.345 e. The second-order valence-corrected chi connectivity index (χ2v) is 7.38. The maximum absolute atomic E-state index is 13.5. The summed E-state index contributed by atoms with van der Waals surface area (Å²) in [6, 6.07) is 6.27. The van der Waals surface area contributed by atoms with Crippen LogP contribution in [0.25, 0.3) is 10.9 Å². The first kappa shape index (κ1) is 16.1. The molecule has 0 saturated carbocycles. The number of nitrogens with zero attached hydrogens (tertiary/aromatic N) is 3. The Labute approximate surface area is 146 Å². The van der Waals surface area contributed by atoms with Crippen molar-refractivity contribution in [1.29, 1.82) is 0 Å². The number of likely N-dealkylation sites (tertiary alicyclic amines) is 2. The fourth-order valence-corrected chi connectivity index (χ4v) is 4.38. The molecule has 4 rings (SSSR count). The van der Waals surface area contributed by atoms with Gasteiger partial charge in [0.1, 0.15) is 11.5 Å². The van der Waals surface area contributed by atoms with Crippen molar-refractivity contribution in [1.82, 2.24) is 14.4 Å². The number of piperidine rings is 1. The van der Waals surface area contributed by atoms with Crippen LogP contribution >= 0.6 is 0 Å². The molecule has 2 saturated heterocycles. The number of hydrogen-bond donors (Lipinski definition) is 0. The molecule has 0 N–H and O–H groups in total. The molecule has 2 aliphatic heterocycles. The molecule has 5 nitrogen and oxygen atoms in total. The topological polar surface area (TPSA) is 45.5 Å². The summed E-state index contributed by atoms with van der Waals surface area (Å²) in [7, 11) is 3.66. The molecule has 2 aliphatic rings. The van der Waals surface area contributed by atoms with Crippen LogP contribution in [0.3, 0.4) is 0 Å². The molecule has 2 aromatic rings. The van der Waals surface area contributed by atoms with E-state index < -0.39 is 5.41 Å². The minimum absolute atomic E-state index is 0.0861. The Balaban J connectivity index is 1.62. The van der Waals surface area contributed by atoms with E-state index in [-0.39, 0.29) is 17.6 Å². The molecule has 6 heteroatoms. The summed E-state index contributed by atoms with van der Waals surface area (Å²) in [5.41, 5.74) is 0.945. The van der Waals surface area contributed by atoms with Gasteiger partial charge in [0.05, 0.1) is 5.41 Å². The zero-order valence-electron chi connectivity index (χ0n) is 14.6. The standard InChI is InChI=1S/C19H22FN3O2/c1-21-8-3-6-19(18(21)25)7-9-23(12-19)17(24)16-11-13-10-14(20)4-5-15(13)22(16)2/h4-5,10-11H,3,6-9,12H2,1-2H3/t19-/m1/s1. The lowest BCUT2D eigenvalue weighted by Gasteiger charge is -2.37. The molecule has 0 bridgehead atoms. The molecule has 1 aromatic heterocycles. The van der Waals surface area contributed by atoms with Crippen LogP contribution in [0, 0.1) is 11.2 Å². The fourth-order valence-electron chi connectivity index (χ4n) is 4.38. The van der Waals surface area contributed by atoms with E-state index in [1.807, 2.05) is 14.1 Å². The molecule has 25 heavy (non-hydrogen) atoms. The summed E-state index contributed by atoms with van der Waals surface area (Å²) < 4.78 is 15.3. The SMILES string of the molecule is CN1CCC[C@]2(CCN(C(=O)c3cc4cc(F)ccc4n3C)C2)C1=O. The second-order valence-electron chi connectivity index (χ2n) is 7.38. The van der Waals surface area contributed by atoms with Gasteiger partial charge in [-0.25, -0.2) is 4.39 Å². The normalized spacial score (nSPS) is 23.9. The van der Waals surface area contributed by atoms with Crippen LogP contribution in [-0.2, 0) is 11.8 Å². The molecule has 0 aliphatic carbocycles. The summed E-state index contributed by atoms with van der Waals surface area (Å²) in [4.78, 5) is 29.2. The summed E-state index contributed by atoms with van der Waals surface area (Å²) >= 11 is 0. The maximum atomic E-state index is 13.5. The first-order chi connectivity index (χ1) is 11.9. The lowest BCUT2D eigenvalue weighted by Crippen LogP contribution is -2.48. The van der Waals surface area contributed by atoms with Crippen molar-refractivity contribution < 1.29 is 14.0 Å². The highest BCUT2D eigenvalue weighted by Gasteiger charge is 2.48. The van der Waals surface area contributed by atoms with Gasteiger partial charge in [0.25, 0.3) is 5.91 Å². The van der Waals surface area contributed by atoms with E-state index >= 15 is 0 Å². The van der Waals surface area contributed by atoms with Crippen molar-refractivity contribution in [3.63, 3.8) is 0 Å². The highest BCUT2D eigenvalue weighted by atomic mass is 19.1. The first-order valence-corrected chi connectivity index (χ1v) is 8.71. The van der Waals surface area contributed by atoms with Gasteiger partial charge < -0.3 is 14.4 Å². The molecule has 2 amide bonds. The summed E-state index contributed by atoms with van der Waals surface area (Å²) in [6.07, 6.45) is 2.55. The van der Waals surface area contributed by atoms with E-state index in [0.29, 0.717) is 24.2 Å². The zero-order valence-corrected chi connectivity index (χ0v) is 14.6. The minimum atomic E-state index is -0.417. The van der Waals surface area contributed by atoms with Gasteiger partial charge in [0.15, 0.2) is 0 Å². The van der Waals surface area contributed by atoms with Crippen LogP contribution in [0.15, 0.2) is 24.3 Å². The van der Waals surface area contributed by atoms with Crippen molar-refractivity contribution >= 4 is 22.7 Å². The van der Waals surface area contributed by atoms with Crippen molar-refractivity contribution in [3.05, 3.63) is 35.8 Å². The molecule has 0 radical (unpaired) electrons. The Morgan fingerprint density at radius 2 is 1.96 bits per heavy atom. The Morgan fingerprint density at radius 3 is 2.76 bits per heavy atom. The molecular formula is C19H22FN3O2. The van der Waals surface area contributed by atoms with Gasteiger partial charge in [-0.2, -0.15) is 0 Å². The van der Waals surface area contributed by atoms with E-state index in [2.05, 4.69) is 0 Å². The largest absolute Gasteiger partial charge is 0.345 e. The van der Waals surface area contributed by atoms with Crippen LogP contribution in [0.2, 0.25) is 0 Å². The van der Waals surface area contributed by atoms with E-state index in [9.17, 15) is 14.0 Å². The van der Waals surface area contributed by atoms with Gasteiger partial charge >= 0.3 is 0 Å². The molecule has 1 atom stereocenters. The highest BCUT2D eigenvalue weighted by Crippen LogP contribution is 2.40. The van der Waals surface area contributed by atoms with Crippen molar-refractivity contribution in [2.75, 3.05) is 26.7 Å². The highest BCUT2D eigenvalue weighted by molar-refractivity contribution is 5.99. The molecule has 1 spiro atoms. The number of aryl methyl sites for hydroxylation is 1. The summed E-state index contributed by atoms with van der Waals surface area (Å²) in [6.45, 7) is 1.86. The molecule has 1 aromatic carbocycles. The third-order valence-electron chi connectivity index (χ3n) is 5.81. The van der Waals surface area contributed by atoms with E-state index in [4.69, 9.17) is 0 Å². The summed E-state index contributed by atoms with van der Waals surface area (Å²) in [5, 5.41) is 0.716. The lowest BCUT2D eigenvalue weighted by atomic mass is 9.78. The van der Waals surface area contributed by atoms with Gasteiger partial charge in [-0.1, -0.05) is 0 Å². The number of carbonyl (C=O) groups excluding carboxylic acids is 2. The average molecular weight is 343 g/mol. The maximum Gasteiger partial charge on any atom is 0.270 e. The molecule has 2 fully saturated rings. The van der Waals surface area contributed by atoms with E-state index in [1.54, 1.807) is 26.5 Å². The number of benzene rings is 1. The van der Waals surface area contributed by atoms with Crippen LogP contribution in [0.5, 0.6) is 0 Å². The predicted octanol–water partition coefficient (Wildman–Crippen LogP) is 2.40. The third kappa shape index (κ3) is 2.42. The predicted molar refractivity (Wildman–Crippen MR) is 92.7 cm³/mol. The lowest BCUT2D eigenvalue weighted by molar-refractivity contribution is -0.143. The molecular weight excluding hydrogens is 321 g/mol. The van der Waals surface area contributed by atoms with Crippen LogP contribution in [0.4, 0.5) is 4.39 Å². The second kappa shape index (κ2) is 5.58. The third-order valence-corrected chi connectivity index (χ3v) is 5.81. The Kier molecular flexibility index (Phi) is 3.60. The number of rotatable bonds is 1. The molecule has 132 valence electrons. The van der Waals surface area contributed by atoms with Gasteiger partial charge in [-0.05, 0) is 43.5 Å². The van der Waals surface area contributed by atoms with E-state index in [1.165, 1.54) is 12.1 Å². The monoisotopic (exact) mass is 343 g/mol. The van der Waals surface area contributed by atoms with Crippen molar-refractivity contribution in [3.8, 4) is 0 Å². The summed E-state index contributed by atoms with van der Waals surface area (Å²) in [5.74, 6) is -0.238. The molecule has 3 heterocycles. The average Bonchev–Trinajstić information content (AvgIpc) is 3.15. The van der Waals surface area contributed by atoms with Crippen LogP contribution in [-0.4, -0.2) is 52.9 Å².